The molecule has 0 spiro atoms. The third-order valence-corrected chi connectivity index (χ3v) is 5.27. The van der Waals surface area contributed by atoms with E-state index in [0.717, 1.165) is 11.4 Å². The molecule has 3 N–H and O–H groups in total. The van der Waals surface area contributed by atoms with Gasteiger partial charge in [-0.1, -0.05) is 30.0 Å². The van der Waals surface area contributed by atoms with Crippen LogP contribution in [0, 0.1) is 12.8 Å². The Balaban J connectivity index is 1.45. The molecule has 2 amide bonds. The fraction of sp³-hybridized carbons (Fsp3) is 0.368. The van der Waals surface area contributed by atoms with Gasteiger partial charge < -0.3 is 16.0 Å². The number of aromatic nitrogens is 2. The average molecular weight is 385 g/mol. The molecule has 8 heteroatoms. The number of nitrogens with two attached hydrogens (primary N) is 1. The highest BCUT2D eigenvalue weighted by Gasteiger charge is 2.27. The molecule has 0 saturated carbocycles. The molecule has 0 atom stereocenters. The SMILES string of the molecule is Cc1cc(N)nc(SCC(=O)N2CCC(C(=O)Nc3ccccc3)CC2)n1. The van der Waals surface area contributed by atoms with Crippen LogP contribution in [-0.4, -0.2) is 45.5 Å². The second-order valence-corrected chi connectivity index (χ2v) is 7.46. The van der Waals surface area contributed by atoms with Gasteiger partial charge in [-0.2, -0.15) is 0 Å². The molecule has 0 radical (unpaired) electrons. The fourth-order valence-electron chi connectivity index (χ4n) is 3.00. The maximum Gasteiger partial charge on any atom is 0.233 e. The van der Waals surface area contributed by atoms with Crippen LogP contribution in [0.5, 0.6) is 0 Å². The number of piperidine rings is 1. The molecule has 2 aromatic rings. The highest BCUT2D eigenvalue weighted by molar-refractivity contribution is 7.99. The van der Waals surface area contributed by atoms with Crippen molar-refractivity contribution in [3.05, 3.63) is 42.1 Å². The number of amides is 2. The van der Waals surface area contributed by atoms with Gasteiger partial charge in [-0.3, -0.25) is 9.59 Å². The molecule has 1 aromatic heterocycles. The Morgan fingerprint density at radius 3 is 2.59 bits per heavy atom. The van der Waals surface area contributed by atoms with Crippen LogP contribution in [0.2, 0.25) is 0 Å². The molecule has 1 aromatic carbocycles. The van der Waals surface area contributed by atoms with Crippen molar-refractivity contribution < 1.29 is 9.59 Å². The van der Waals surface area contributed by atoms with Crippen LogP contribution in [0.1, 0.15) is 18.5 Å². The van der Waals surface area contributed by atoms with E-state index in [1.807, 2.05) is 37.3 Å². The summed E-state index contributed by atoms with van der Waals surface area (Å²) in [7, 11) is 0. The lowest BCUT2D eigenvalue weighted by atomic mass is 9.96. The van der Waals surface area contributed by atoms with E-state index < -0.39 is 0 Å². The number of benzene rings is 1. The van der Waals surface area contributed by atoms with E-state index in [-0.39, 0.29) is 23.5 Å². The predicted molar refractivity (Wildman–Crippen MR) is 106 cm³/mol. The lowest BCUT2D eigenvalue weighted by Crippen LogP contribution is -2.42. The van der Waals surface area contributed by atoms with Crippen LogP contribution in [0.25, 0.3) is 0 Å². The zero-order valence-corrected chi connectivity index (χ0v) is 16.0. The number of carbonyl (C=O) groups excluding carboxylic acids is 2. The summed E-state index contributed by atoms with van der Waals surface area (Å²) >= 11 is 1.29. The average Bonchev–Trinajstić information content (AvgIpc) is 2.66. The summed E-state index contributed by atoms with van der Waals surface area (Å²) < 4.78 is 0. The second kappa shape index (κ2) is 8.85. The summed E-state index contributed by atoms with van der Waals surface area (Å²) in [6.07, 6.45) is 1.34. The number of carbonyl (C=O) groups is 2. The summed E-state index contributed by atoms with van der Waals surface area (Å²) in [6, 6.07) is 11.1. The van der Waals surface area contributed by atoms with Crippen molar-refractivity contribution in [3.63, 3.8) is 0 Å². The first kappa shape index (κ1) is 19.2. The molecule has 7 nitrogen and oxygen atoms in total. The number of nitrogen functional groups attached to an aromatic ring is 1. The largest absolute Gasteiger partial charge is 0.384 e. The van der Waals surface area contributed by atoms with Crippen molar-refractivity contribution in [1.82, 2.24) is 14.9 Å². The standard InChI is InChI=1S/C19H23N5O2S/c1-13-11-16(20)23-19(21-13)27-12-17(25)24-9-7-14(8-10-24)18(26)22-15-5-3-2-4-6-15/h2-6,11,14H,7-10,12H2,1H3,(H,22,26)(H2,20,21,23). The smallest absolute Gasteiger partial charge is 0.233 e. The molecule has 0 unspecified atom stereocenters. The fourth-order valence-corrected chi connectivity index (χ4v) is 3.82. The van der Waals surface area contributed by atoms with Gasteiger partial charge in [0, 0.05) is 36.5 Å². The van der Waals surface area contributed by atoms with Gasteiger partial charge in [-0.05, 0) is 31.9 Å². The van der Waals surface area contributed by atoms with Crippen molar-refractivity contribution >= 4 is 35.1 Å². The van der Waals surface area contributed by atoms with Crippen LogP contribution >= 0.6 is 11.8 Å². The molecule has 1 saturated heterocycles. The first-order chi connectivity index (χ1) is 13.0. The molecule has 0 aliphatic carbocycles. The number of thioether (sulfide) groups is 1. The highest BCUT2D eigenvalue weighted by atomic mass is 32.2. The summed E-state index contributed by atoms with van der Waals surface area (Å²) in [5, 5.41) is 3.45. The number of likely N-dealkylation sites (tertiary alicyclic amines) is 1. The molecule has 27 heavy (non-hydrogen) atoms. The number of rotatable bonds is 5. The summed E-state index contributed by atoms with van der Waals surface area (Å²) in [5.74, 6) is 0.658. The Hall–Kier alpha value is -2.61. The number of nitrogens with one attached hydrogen (secondary N) is 1. The van der Waals surface area contributed by atoms with Crippen molar-refractivity contribution in [2.45, 2.75) is 24.9 Å². The summed E-state index contributed by atoms with van der Waals surface area (Å²) in [5.41, 5.74) is 7.29. The first-order valence-corrected chi connectivity index (χ1v) is 9.87. The first-order valence-electron chi connectivity index (χ1n) is 8.89. The van der Waals surface area contributed by atoms with Crippen molar-refractivity contribution in [2.24, 2.45) is 5.92 Å². The van der Waals surface area contributed by atoms with E-state index >= 15 is 0 Å². The molecule has 142 valence electrons. The van der Waals surface area contributed by atoms with Gasteiger partial charge in [0.2, 0.25) is 11.8 Å². The number of para-hydroxylation sites is 1. The number of hydrogen-bond acceptors (Lipinski definition) is 6. The van der Waals surface area contributed by atoms with Crippen molar-refractivity contribution in [1.29, 1.82) is 0 Å². The van der Waals surface area contributed by atoms with E-state index in [4.69, 9.17) is 5.73 Å². The van der Waals surface area contributed by atoms with E-state index in [1.54, 1.807) is 11.0 Å². The van der Waals surface area contributed by atoms with Crippen LogP contribution in [0.3, 0.4) is 0 Å². The van der Waals surface area contributed by atoms with Gasteiger partial charge in [0.25, 0.3) is 0 Å². The summed E-state index contributed by atoms with van der Waals surface area (Å²) in [4.78, 5) is 35.0. The summed E-state index contributed by atoms with van der Waals surface area (Å²) in [6.45, 7) is 3.02. The Labute approximate surface area is 162 Å². The van der Waals surface area contributed by atoms with E-state index in [1.165, 1.54) is 11.8 Å². The van der Waals surface area contributed by atoms with E-state index in [0.29, 0.717) is 36.9 Å². The second-order valence-electron chi connectivity index (χ2n) is 6.52. The zero-order valence-electron chi connectivity index (χ0n) is 15.2. The number of anilines is 2. The monoisotopic (exact) mass is 385 g/mol. The lowest BCUT2D eigenvalue weighted by Gasteiger charge is -2.31. The van der Waals surface area contributed by atoms with Crippen LogP contribution in [0.4, 0.5) is 11.5 Å². The topological polar surface area (TPSA) is 101 Å². The third kappa shape index (κ3) is 5.43. The maximum atomic E-state index is 12.4. The third-order valence-electron chi connectivity index (χ3n) is 4.44. The molecular formula is C19H23N5O2S. The van der Waals surface area contributed by atoms with Gasteiger partial charge in [-0.25, -0.2) is 9.97 Å². The van der Waals surface area contributed by atoms with Gasteiger partial charge in [0.15, 0.2) is 5.16 Å². The molecule has 0 bridgehead atoms. The Kier molecular flexibility index (Phi) is 6.28. The Bertz CT molecular complexity index is 787. The molecule has 3 rings (SSSR count). The van der Waals surface area contributed by atoms with E-state index in [2.05, 4.69) is 15.3 Å². The molecule has 1 fully saturated rings. The minimum Gasteiger partial charge on any atom is -0.384 e. The van der Waals surface area contributed by atoms with Crippen LogP contribution in [0.15, 0.2) is 41.6 Å². The van der Waals surface area contributed by atoms with Crippen LogP contribution < -0.4 is 11.1 Å². The Morgan fingerprint density at radius 1 is 1.22 bits per heavy atom. The quantitative estimate of drug-likeness (QED) is 0.605. The minimum absolute atomic E-state index is 0.0197. The Morgan fingerprint density at radius 2 is 1.93 bits per heavy atom. The molecule has 1 aliphatic heterocycles. The number of nitrogens with zero attached hydrogens (tertiary/aromatic N) is 3. The number of hydrogen-bond donors (Lipinski definition) is 2. The minimum atomic E-state index is -0.0678. The van der Waals surface area contributed by atoms with Gasteiger partial charge in [-0.15, -0.1) is 0 Å². The molecule has 1 aliphatic rings. The van der Waals surface area contributed by atoms with Crippen molar-refractivity contribution in [3.8, 4) is 0 Å². The van der Waals surface area contributed by atoms with Gasteiger partial charge in [0.1, 0.15) is 5.82 Å². The molecule has 2 heterocycles. The van der Waals surface area contributed by atoms with Crippen LogP contribution in [-0.2, 0) is 9.59 Å². The lowest BCUT2D eigenvalue weighted by molar-refractivity contribution is -0.132. The van der Waals surface area contributed by atoms with E-state index in [9.17, 15) is 9.59 Å². The van der Waals surface area contributed by atoms with Gasteiger partial charge in [0.05, 0.1) is 5.75 Å². The normalized spacial score (nSPS) is 14.8. The number of aryl methyl sites for hydroxylation is 1. The maximum absolute atomic E-state index is 12.4. The van der Waals surface area contributed by atoms with Gasteiger partial charge >= 0.3 is 0 Å². The van der Waals surface area contributed by atoms with Crippen molar-refractivity contribution in [2.75, 3.05) is 29.9 Å². The molecular weight excluding hydrogens is 362 g/mol. The predicted octanol–water partition coefficient (Wildman–Crippen LogP) is 2.34. The zero-order chi connectivity index (χ0) is 19.2. The highest BCUT2D eigenvalue weighted by Crippen LogP contribution is 2.21.